The van der Waals surface area contributed by atoms with E-state index in [0.29, 0.717) is 16.8 Å². The molecule has 0 unspecified atom stereocenters. The number of rotatable bonds is 8. The van der Waals surface area contributed by atoms with Crippen LogP contribution in [0.1, 0.15) is 80.0 Å². The van der Waals surface area contributed by atoms with Crippen LogP contribution in [-0.2, 0) is 28.9 Å². The fourth-order valence-electron chi connectivity index (χ4n) is 4.45. The number of carbonyl (C=O) groups is 5. The predicted molar refractivity (Wildman–Crippen MR) is 162 cm³/mol. The minimum Gasteiger partial charge on any atom is -0.480 e. The van der Waals surface area contributed by atoms with Crippen molar-refractivity contribution in [2.45, 2.75) is 58.6 Å². The third kappa shape index (κ3) is 9.40. The van der Waals surface area contributed by atoms with Crippen LogP contribution >= 0.6 is 11.3 Å². The Hall–Kier alpha value is -4.71. The van der Waals surface area contributed by atoms with Gasteiger partial charge < -0.3 is 26.0 Å². The number of fused-ring (bicyclic) bond motifs is 1. The van der Waals surface area contributed by atoms with Crippen LogP contribution in [-0.4, -0.2) is 52.2 Å². The van der Waals surface area contributed by atoms with Gasteiger partial charge in [-0.3, -0.25) is 19.3 Å². The van der Waals surface area contributed by atoms with Gasteiger partial charge in [-0.1, -0.05) is 30.3 Å². The third-order valence-electron chi connectivity index (χ3n) is 6.23. The number of hydrogen-bond acceptors (Lipinski definition) is 7. The standard InChI is InChI=1S/C21H24N2O5.C10H11NO3S/c1-21(2,3)28-20(27)22-13-15-8-7-9-16(12-15)19(26)23(14-18(24)25)17-10-5-4-6-11-17;11-9(12)8-7(10(13)14)5-3-1-2-4-6(5)15-8/h4-12H,13-14H2,1-3H3,(H,22,27)(H,24,25);1-4H2,(H2,11,12)(H,13,14). The highest BCUT2D eigenvalue weighted by Gasteiger charge is 2.27. The molecule has 1 heterocycles. The molecule has 0 spiro atoms. The summed E-state index contributed by atoms with van der Waals surface area (Å²) in [5, 5.41) is 20.9. The zero-order chi connectivity index (χ0) is 31.7. The van der Waals surface area contributed by atoms with Crippen molar-refractivity contribution in [1.82, 2.24) is 5.32 Å². The van der Waals surface area contributed by atoms with Crippen molar-refractivity contribution in [2.24, 2.45) is 5.73 Å². The van der Waals surface area contributed by atoms with E-state index in [9.17, 15) is 29.1 Å². The Labute approximate surface area is 253 Å². The van der Waals surface area contributed by atoms with Gasteiger partial charge in [0.2, 0.25) is 0 Å². The number of nitrogens with zero attached hydrogens (tertiary/aromatic N) is 1. The second-order valence-electron chi connectivity index (χ2n) is 10.8. The Balaban J connectivity index is 0.000000282. The molecule has 1 aromatic heterocycles. The molecule has 3 amide bonds. The van der Waals surface area contributed by atoms with Gasteiger partial charge in [0, 0.05) is 22.7 Å². The summed E-state index contributed by atoms with van der Waals surface area (Å²) in [7, 11) is 0. The lowest BCUT2D eigenvalue weighted by atomic mass is 9.95. The molecule has 11 nitrogen and oxygen atoms in total. The maximum Gasteiger partial charge on any atom is 0.407 e. The van der Waals surface area contributed by atoms with Crippen molar-refractivity contribution >= 4 is 46.9 Å². The zero-order valence-corrected chi connectivity index (χ0v) is 25.0. The molecule has 228 valence electrons. The van der Waals surface area contributed by atoms with E-state index in [1.54, 1.807) is 75.4 Å². The first-order valence-electron chi connectivity index (χ1n) is 13.6. The monoisotopic (exact) mass is 609 g/mol. The number of aromatic carboxylic acids is 1. The maximum atomic E-state index is 12.9. The molecule has 0 aliphatic heterocycles. The van der Waals surface area contributed by atoms with Gasteiger partial charge in [0.25, 0.3) is 11.8 Å². The lowest BCUT2D eigenvalue weighted by Gasteiger charge is -2.21. The fourth-order valence-corrected chi connectivity index (χ4v) is 5.68. The molecule has 4 rings (SSSR count). The van der Waals surface area contributed by atoms with Crippen molar-refractivity contribution in [3.05, 3.63) is 86.6 Å². The Morgan fingerprint density at radius 1 is 0.977 bits per heavy atom. The second kappa shape index (κ2) is 14.5. The summed E-state index contributed by atoms with van der Waals surface area (Å²) in [6.45, 7) is 5.04. The number of primary amides is 1. The van der Waals surface area contributed by atoms with Crippen LogP contribution < -0.4 is 16.0 Å². The quantitative estimate of drug-likeness (QED) is 0.280. The smallest absolute Gasteiger partial charge is 0.407 e. The number of amides is 3. The molecule has 0 saturated heterocycles. The summed E-state index contributed by atoms with van der Waals surface area (Å²) in [5.41, 5.74) is 7.05. The molecule has 0 saturated carbocycles. The van der Waals surface area contributed by atoms with Gasteiger partial charge in [0.15, 0.2) is 0 Å². The number of nitrogens with two attached hydrogens (primary N) is 1. The van der Waals surface area contributed by atoms with Gasteiger partial charge in [-0.05, 0) is 81.8 Å². The first kappa shape index (κ1) is 32.8. The minimum absolute atomic E-state index is 0.141. The predicted octanol–water partition coefficient (Wildman–Crippen LogP) is 4.87. The highest BCUT2D eigenvalue weighted by Crippen LogP contribution is 2.34. The van der Waals surface area contributed by atoms with Crippen LogP contribution in [0.4, 0.5) is 10.5 Å². The highest BCUT2D eigenvalue weighted by molar-refractivity contribution is 7.14. The van der Waals surface area contributed by atoms with Gasteiger partial charge in [-0.2, -0.15) is 0 Å². The van der Waals surface area contributed by atoms with Crippen molar-refractivity contribution in [3.8, 4) is 0 Å². The number of thiophene rings is 1. The number of carboxylic acid groups (broad SMARTS) is 2. The van der Waals surface area contributed by atoms with E-state index < -0.39 is 42.0 Å². The molecular formula is C31H35N3O8S. The largest absolute Gasteiger partial charge is 0.480 e. The molecule has 0 fully saturated rings. The van der Waals surface area contributed by atoms with E-state index in [-0.39, 0.29) is 17.0 Å². The summed E-state index contributed by atoms with van der Waals surface area (Å²) in [5.74, 6) is -3.22. The Bertz CT molecular complexity index is 1490. The number of aryl methyl sites for hydroxylation is 1. The number of anilines is 1. The molecule has 43 heavy (non-hydrogen) atoms. The van der Waals surface area contributed by atoms with E-state index in [4.69, 9.17) is 15.6 Å². The number of aliphatic carboxylic acids is 1. The van der Waals surface area contributed by atoms with E-state index in [1.807, 2.05) is 0 Å². The molecule has 5 N–H and O–H groups in total. The first-order chi connectivity index (χ1) is 20.3. The van der Waals surface area contributed by atoms with Gasteiger partial charge >= 0.3 is 18.0 Å². The molecule has 0 bridgehead atoms. The number of nitrogens with one attached hydrogen (secondary N) is 1. The Kier molecular flexibility index (Phi) is 11.0. The lowest BCUT2D eigenvalue weighted by molar-refractivity contribution is -0.135. The van der Waals surface area contributed by atoms with Crippen LogP contribution in [0.3, 0.4) is 0 Å². The lowest BCUT2D eigenvalue weighted by Crippen LogP contribution is -2.36. The SMILES string of the molecule is CC(C)(C)OC(=O)NCc1cccc(C(=O)N(CC(=O)O)c2ccccc2)c1.NC(=O)c1sc2c(c1C(=O)O)CCCC2. The minimum atomic E-state index is -1.11. The molecule has 1 aliphatic rings. The van der Waals surface area contributed by atoms with E-state index >= 15 is 0 Å². The Morgan fingerprint density at radius 3 is 2.26 bits per heavy atom. The normalized spacial score (nSPS) is 12.2. The van der Waals surface area contributed by atoms with Crippen molar-refractivity contribution in [3.63, 3.8) is 0 Å². The maximum absolute atomic E-state index is 12.9. The summed E-state index contributed by atoms with van der Waals surface area (Å²) < 4.78 is 5.19. The molecule has 1 aliphatic carbocycles. The van der Waals surface area contributed by atoms with Gasteiger partial charge in [0.1, 0.15) is 17.0 Å². The number of carbonyl (C=O) groups excluding carboxylic acids is 3. The van der Waals surface area contributed by atoms with E-state index in [0.717, 1.165) is 36.1 Å². The number of carboxylic acids is 2. The molecule has 0 radical (unpaired) electrons. The summed E-state index contributed by atoms with van der Waals surface area (Å²) in [4.78, 5) is 60.5. The number of alkyl carbamates (subject to hydrolysis) is 1. The summed E-state index contributed by atoms with van der Waals surface area (Å²) in [6, 6.07) is 15.3. The molecule has 2 aromatic carbocycles. The third-order valence-corrected chi connectivity index (χ3v) is 7.53. The number of hydrogen-bond donors (Lipinski definition) is 4. The zero-order valence-electron chi connectivity index (χ0n) is 24.2. The summed E-state index contributed by atoms with van der Waals surface area (Å²) >= 11 is 1.24. The summed E-state index contributed by atoms with van der Waals surface area (Å²) in [6.07, 6.45) is 3.11. The topological polar surface area (TPSA) is 176 Å². The van der Waals surface area contributed by atoms with Crippen molar-refractivity contribution in [1.29, 1.82) is 0 Å². The van der Waals surface area contributed by atoms with Crippen molar-refractivity contribution < 1.29 is 38.9 Å². The van der Waals surface area contributed by atoms with Gasteiger partial charge in [-0.15, -0.1) is 11.3 Å². The fraction of sp³-hybridized carbons (Fsp3) is 0.323. The van der Waals surface area contributed by atoms with Gasteiger partial charge in [-0.25, -0.2) is 9.59 Å². The number of benzene rings is 2. The van der Waals surface area contributed by atoms with Crippen molar-refractivity contribution in [2.75, 3.05) is 11.4 Å². The molecule has 3 aromatic rings. The van der Waals surface area contributed by atoms with E-state index in [1.165, 1.54) is 16.2 Å². The van der Waals surface area contributed by atoms with Crippen LogP contribution in [0.5, 0.6) is 0 Å². The first-order valence-corrected chi connectivity index (χ1v) is 14.4. The van der Waals surface area contributed by atoms with Gasteiger partial charge in [0.05, 0.1) is 5.56 Å². The second-order valence-corrected chi connectivity index (χ2v) is 11.9. The Morgan fingerprint density at radius 2 is 1.65 bits per heavy atom. The van der Waals surface area contributed by atoms with Crippen LogP contribution in [0.15, 0.2) is 54.6 Å². The van der Waals surface area contributed by atoms with Crippen LogP contribution in [0.2, 0.25) is 0 Å². The van der Waals surface area contributed by atoms with E-state index in [2.05, 4.69) is 5.32 Å². The highest BCUT2D eigenvalue weighted by atomic mass is 32.1. The number of para-hydroxylation sites is 1. The average molecular weight is 610 g/mol. The van der Waals surface area contributed by atoms with Crippen LogP contribution in [0, 0.1) is 0 Å². The van der Waals surface area contributed by atoms with Crippen LogP contribution in [0.25, 0.3) is 0 Å². The molecule has 12 heteroatoms. The molecule has 0 atom stereocenters. The molecular weight excluding hydrogens is 574 g/mol. The number of ether oxygens (including phenoxy) is 1. The average Bonchev–Trinajstić information content (AvgIpc) is 3.35.